The first kappa shape index (κ1) is 15.3. The minimum Gasteiger partial charge on any atom is -0.492 e. The number of hydrogen-bond donors (Lipinski definition) is 1. The van der Waals surface area contributed by atoms with Gasteiger partial charge in [0.05, 0.1) is 12.2 Å². The molecule has 1 aliphatic heterocycles. The topological polar surface area (TPSA) is 41.6 Å². The third kappa shape index (κ3) is 3.78. The van der Waals surface area contributed by atoms with Gasteiger partial charge in [-0.3, -0.25) is 9.69 Å². The molecule has 1 aliphatic rings. The number of ether oxygens (including phenoxy) is 1. The zero-order chi connectivity index (χ0) is 15.4. The Morgan fingerprint density at radius 3 is 2.82 bits per heavy atom. The van der Waals surface area contributed by atoms with Crippen LogP contribution in [0.5, 0.6) is 5.75 Å². The summed E-state index contributed by atoms with van der Waals surface area (Å²) in [5.74, 6) is 0.923. The summed E-state index contributed by atoms with van der Waals surface area (Å²) in [4.78, 5) is 14.4. The van der Waals surface area contributed by atoms with E-state index in [1.807, 2.05) is 48.5 Å². The van der Waals surface area contributed by atoms with Crippen LogP contribution in [-0.4, -0.2) is 30.5 Å². The fraction of sp³-hybridized carbons (Fsp3) is 0.235. The quantitative estimate of drug-likeness (QED) is 0.794. The van der Waals surface area contributed by atoms with Crippen molar-refractivity contribution in [2.24, 2.45) is 0 Å². The van der Waals surface area contributed by atoms with Crippen LogP contribution < -0.4 is 10.1 Å². The van der Waals surface area contributed by atoms with Gasteiger partial charge in [-0.2, -0.15) is 0 Å². The number of anilines is 1. The van der Waals surface area contributed by atoms with E-state index in [1.54, 1.807) is 0 Å². The molecule has 5 heteroatoms. The largest absolute Gasteiger partial charge is 0.492 e. The van der Waals surface area contributed by atoms with Crippen molar-refractivity contribution in [3.8, 4) is 5.75 Å². The summed E-state index contributed by atoms with van der Waals surface area (Å²) in [5, 5.41) is 2.97. The molecule has 0 saturated carbocycles. The van der Waals surface area contributed by atoms with Crippen molar-refractivity contribution in [3.63, 3.8) is 0 Å². The lowest BCUT2D eigenvalue weighted by Gasteiger charge is -2.19. The molecule has 0 saturated heterocycles. The molecular weight excluding hydrogens is 391 g/mol. The molecule has 114 valence electrons. The standard InChI is InChI=1S/C17H17IN2O2/c18-14-6-2-3-7-15(14)19-17(21)12-20-9-10-22-16-8-4-1-5-13(16)11-20/h1-8H,9-12H2,(H,19,21). The molecule has 0 radical (unpaired) electrons. The van der Waals surface area contributed by atoms with Crippen molar-refractivity contribution < 1.29 is 9.53 Å². The summed E-state index contributed by atoms with van der Waals surface area (Å²) < 4.78 is 6.76. The fourth-order valence-electron chi connectivity index (χ4n) is 2.47. The summed E-state index contributed by atoms with van der Waals surface area (Å²) >= 11 is 2.22. The lowest BCUT2D eigenvalue weighted by molar-refractivity contribution is -0.117. The second-order valence-corrected chi connectivity index (χ2v) is 6.36. The van der Waals surface area contributed by atoms with Crippen LogP contribution in [0.4, 0.5) is 5.69 Å². The average Bonchev–Trinajstić information content (AvgIpc) is 2.71. The van der Waals surface area contributed by atoms with Gasteiger partial charge in [-0.05, 0) is 40.8 Å². The molecule has 0 aliphatic carbocycles. The highest BCUT2D eigenvalue weighted by molar-refractivity contribution is 14.1. The van der Waals surface area contributed by atoms with E-state index >= 15 is 0 Å². The van der Waals surface area contributed by atoms with E-state index in [-0.39, 0.29) is 5.91 Å². The molecule has 0 spiro atoms. The number of fused-ring (bicyclic) bond motifs is 1. The highest BCUT2D eigenvalue weighted by Crippen LogP contribution is 2.22. The molecule has 0 aromatic heterocycles. The number of benzene rings is 2. The number of nitrogens with zero attached hydrogens (tertiary/aromatic N) is 1. The molecule has 0 unspecified atom stereocenters. The third-order valence-corrected chi connectivity index (χ3v) is 4.49. The number of carbonyl (C=O) groups excluding carboxylic acids is 1. The van der Waals surface area contributed by atoms with Gasteiger partial charge >= 0.3 is 0 Å². The lowest BCUT2D eigenvalue weighted by Crippen LogP contribution is -2.34. The van der Waals surface area contributed by atoms with Crippen LogP contribution in [0.15, 0.2) is 48.5 Å². The van der Waals surface area contributed by atoms with Crippen LogP contribution in [0.1, 0.15) is 5.56 Å². The maximum absolute atomic E-state index is 12.3. The van der Waals surface area contributed by atoms with Crippen molar-refractivity contribution in [1.82, 2.24) is 4.90 Å². The maximum atomic E-state index is 12.3. The molecule has 1 heterocycles. The summed E-state index contributed by atoms with van der Waals surface area (Å²) in [6.45, 7) is 2.44. The maximum Gasteiger partial charge on any atom is 0.238 e. The highest BCUT2D eigenvalue weighted by Gasteiger charge is 2.17. The van der Waals surface area contributed by atoms with Crippen LogP contribution in [0.3, 0.4) is 0 Å². The van der Waals surface area contributed by atoms with Crippen molar-refractivity contribution in [3.05, 3.63) is 57.7 Å². The normalized spacial score (nSPS) is 14.6. The van der Waals surface area contributed by atoms with E-state index in [2.05, 4.69) is 32.8 Å². The molecule has 2 aromatic carbocycles. The number of nitrogens with one attached hydrogen (secondary N) is 1. The Kier molecular flexibility index (Phi) is 4.94. The first-order chi connectivity index (χ1) is 10.7. The van der Waals surface area contributed by atoms with Crippen molar-refractivity contribution in [1.29, 1.82) is 0 Å². The van der Waals surface area contributed by atoms with Crippen molar-refractivity contribution >= 4 is 34.2 Å². The zero-order valence-corrected chi connectivity index (χ0v) is 14.2. The minimum atomic E-state index is 0.00324. The number of hydrogen-bond acceptors (Lipinski definition) is 3. The van der Waals surface area contributed by atoms with Gasteiger partial charge in [0.2, 0.25) is 5.91 Å². The van der Waals surface area contributed by atoms with Gasteiger partial charge in [-0.15, -0.1) is 0 Å². The van der Waals surface area contributed by atoms with Gasteiger partial charge < -0.3 is 10.1 Å². The molecule has 22 heavy (non-hydrogen) atoms. The van der Waals surface area contributed by atoms with E-state index in [1.165, 1.54) is 0 Å². The average molecular weight is 408 g/mol. The van der Waals surface area contributed by atoms with Gasteiger partial charge in [0.1, 0.15) is 12.4 Å². The monoisotopic (exact) mass is 408 g/mol. The molecule has 1 amide bonds. The van der Waals surface area contributed by atoms with E-state index < -0.39 is 0 Å². The van der Waals surface area contributed by atoms with Gasteiger partial charge in [-0.25, -0.2) is 0 Å². The predicted octanol–water partition coefficient (Wildman–Crippen LogP) is 3.12. The molecule has 0 atom stereocenters. The lowest BCUT2D eigenvalue weighted by atomic mass is 10.2. The van der Waals surface area contributed by atoms with Gasteiger partial charge in [0, 0.05) is 22.2 Å². The fourth-order valence-corrected chi connectivity index (χ4v) is 2.99. The first-order valence-electron chi connectivity index (χ1n) is 7.20. The summed E-state index contributed by atoms with van der Waals surface area (Å²) in [7, 11) is 0. The van der Waals surface area contributed by atoms with Crippen LogP contribution in [0.25, 0.3) is 0 Å². The van der Waals surface area contributed by atoms with Crippen molar-refractivity contribution in [2.45, 2.75) is 6.54 Å². The molecule has 2 aromatic rings. The Labute approximate surface area is 143 Å². The number of amides is 1. The van der Waals surface area contributed by atoms with Crippen LogP contribution in [0, 0.1) is 3.57 Å². The van der Waals surface area contributed by atoms with E-state index in [0.29, 0.717) is 13.2 Å². The SMILES string of the molecule is O=C(CN1CCOc2ccccc2C1)Nc1ccccc1I. The number of para-hydroxylation sites is 2. The van der Waals surface area contributed by atoms with E-state index in [4.69, 9.17) is 4.74 Å². The summed E-state index contributed by atoms with van der Waals surface area (Å²) in [6, 6.07) is 15.8. The van der Waals surface area contributed by atoms with E-state index in [9.17, 15) is 4.79 Å². The van der Waals surface area contributed by atoms with Crippen LogP contribution >= 0.6 is 22.6 Å². The molecule has 0 bridgehead atoms. The second kappa shape index (κ2) is 7.11. The number of carbonyl (C=O) groups is 1. The molecule has 3 rings (SSSR count). The Balaban J connectivity index is 1.63. The molecule has 4 nitrogen and oxygen atoms in total. The molecule has 0 fully saturated rings. The summed E-state index contributed by atoms with van der Waals surface area (Å²) in [5.41, 5.74) is 1.99. The Hall–Kier alpha value is -1.60. The second-order valence-electron chi connectivity index (χ2n) is 5.19. The smallest absolute Gasteiger partial charge is 0.238 e. The van der Waals surface area contributed by atoms with Gasteiger partial charge in [0.25, 0.3) is 0 Å². The Morgan fingerprint density at radius 1 is 1.18 bits per heavy atom. The minimum absolute atomic E-state index is 0.00324. The Bertz CT molecular complexity index is 675. The van der Waals surface area contributed by atoms with Crippen LogP contribution in [-0.2, 0) is 11.3 Å². The molecule has 1 N–H and O–H groups in total. The predicted molar refractivity (Wildman–Crippen MR) is 95.0 cm³/mol. The Morgan fingerprint density at radius 2 is 1.95 bits per heavy atom. The van der Waals surface area contributed by atoms with Crippen LogP contribution in [0.2, 0.25) is 0 Å². The van der Waals surface area contributed by atoms with Crippen molar-refractivity contribution in [2.75, 3.05) is 25.0 Å². The number of halogens is 1. The van der Waals surface area contributed by atoms with Gasteiger partial charge in [-0.1, -0.05) is 30.3 Å². The summed E-state index contributed by atoms with van der Waals surface area (Å²) in [6.07, 6.45) is 0. The van der Waals surface area contributed by atoms with E-state index in [0.717, 1.165) is 33.7 Å². The van der Waals surface area contributed by atoms with Gasteiger partial charge in [0.15, 0.2) is 0 Å². The molecular formula is C17H17IN2O2. The first-order valence-corrected chi connectivity index (χ1v) is 8.28. The third-order valence-electron chi connectivity index (χ3n) is 3.55. The number of rotatable bonds is 3. The zero-order valence-electron chi connectivity index (χ0n) is 12.1. The highest BCUT2D eigenvalue weighted by atomic mass is 127.